The van der Waals surface area contributed by atoms with Crippen molar-refractivity contribution in [1.82, 2.24) is 14.9 Å². The Kier molecular flexibility index (Phi) is 6.44. The summed E-state index contributed by atoms with van der Waals surface area (Å²) in [6.07, 6.45) is 0.825. The van der Waals surface area contributed by atoms with E-state index in [4.69, 9.17) is 0 Å². The van der Waals surface area contributed by atoms with E-state index in [1.165, 1.54) is 16.2 Å². The summed E-state index contributed by atoms with van der Waals surface area (Å²) >= 11 is 2.55. The molecule has 152 valence electrons. The number of anilines is 1. The molecule has 6 nitrogen and oxygen atoms in total. The summed E-state index contributed by atoms with van der Waals surface area (Å²) < 4.78 is 3.83. The predicted octanol–water partition coefficient (Wildman–Crippen LogP) is 4.46. The number of nitrogens with zero attached hydrogens (tertiary/aromatic N) is 3. The van der Waals surface area contributed by atoms with Gasteiger partial charge in [0.1, 0.15) is 0 Å². The summed E-state index contributed by atoms with van der Waals surface area (Å²) in [5.74, 6) is -0.590. The van der Waals surface area contributed by atoms with E-state index in [0.717, 1.165) is 28.4 Å². The van der Waals surface area contributed by atoms with Crippen molar-refractivity contribution in [2.45, 2.75) is 45.7 Å². The number of hydrogen-bond donors (Lipinski definition) is 1. The number of benzene rings is 1. The maximum absolute atomic E-state index is 13.5. The second kappa shape index (κ2) is 8.84. The maximum Gasteiger partial charge on any atom is 0.280 e. The van der Waals surface area contributed by atoms with Crippen LogP contribution in [0.3, 0.4) is 0 Å². The molecule has 3 rings (SSSR count). The summed E-state index contributed by atoms with van der Waals surface area (Å²) in [5.41, 5.74) is 1.53. The van der Waals surface area contributed by atoms with E-state index in [-0.39, 0.29) is 17.5 Å². The molecule has 1 atom stereocenters. The highest BCUT2D eigenvalue weighted by atomic mass is 32.1. The third kappa shape index (κ3) is 5.07. The first-order valence-corrected chi connectivity index (χ1v) is 11.1. The molecule has 29 heavy (non-hydrogen) atoms. The lowest BCUT2D eigenvalue weighted by molar-refractivity contribution is -0.123. The van der Waals surface area contributed by atoms with Gasteiger partial charge in [0.25, 0.3) is 5.91 Å². The molecule has 1 N–H and O–H groups in total. The summed E-state index contributed by atoms with van der Waals surface area (Å²) in [6, 6.07) is 10.7. The minimum atomic E-state index is -0.810. The standard InChI is InChI=1S/C21H24N4O2S2/c1-5-14-8-6-9-15(12-14)25(20(27)16-13-29-24-23-16)18(17-10-7-11-28-17)19(26)22-21(2,3)4/h6-13,18H,5H2,1-4H3,(H,22,26)/t18-/m0/s1. The van der Waals surface area contributed by atoms with Gasteiger partial charge in [0.15, 0.2) is 11.7 Å². The van der Waals surface area contributed by atoms with Gasteiger partial charge in [-0.1, -0.05) is 29.6 Å². The molecular weight excluding hydrogens is 404 g/mol. The van der Waals surface area contributed by atoms with E-state index in [1.54, 1.807) is 5.38 Å². The van der Waals surface area contributed by atoms with Gasteiger partial charge in [0, 0.05) is 21.5 Å². The zero-order chi connectivity index (χ0) is 21.0. The van der Waals surface area contributed by atoms with Gasteiger partial charge in [-0.05, 0) is 67.9 Å². The van der Waals surface area contributed by atoms with E-state index < -0.39 is 11.6 Å². The molecular formula is C21H24N4O2S2. The highest BCUT2D eigenvalue weighted by Crippen LogP contribution is 2.33. The van der Waals surface area contributed by atoms with Crippen LogP contribution in [0.5, 0.6) is 0 Å². The van der Waals surface area contributed by atoms with E-state index in [1.807, 2.05) is 62.5 Å². The molecule has 0 aliphatic carbocycles. The fraction of sp³-hybridized carbons (Fsp3) is 0.333. The molecule has 0 radical (unpaired) electrons. The second-order valence-corrected chi connectivity index (χ2v) is 9.24. The van der Waals surface area contributed by atoms with Crippen LogP contribution >= 0.6 is 22.9 Å². The molecule has 2 aromatic heterocycles. The molecule has 8 heteroatoms. The molecule has 2 amide bonds. The highest BCUT2D eigenvalue weighted by molar-refractivity contribution is 7.10. The molecule has 3 aromatic rings. The van der Waals surface area contributed by atoms with Crippen molar-refractivity contribution in [2.75, 3.05) is 4.90 Å². The lowest BCUT2D eigenvalue weighted by atomic mass is 10.0. The molecule has 0 fully saturated rings. The van der Waals surface area contributed by atoms with Crippen LogP contribution in [0.2, 0.25) is 0 Å². The monoisotopic (exact) mass is 428 g/mol. The Morgan fingerprint density at radius 2 is 2.00 bits per heavy atom. The molecule has 0 saturated heterocycles. The van der Waals surface area contributed by atoms with Crippen LogP contribution in [0, 0.1) is 0 Å². The van der Waals surface area contributed by atoms with Crippen LogP contribution in [0.25, 0.3) is 0 Å². The van der Waals surface area contributed by atoms with E-state index >= 15 is 0 Å². The number of thiophene rings is 1. The Labute approximate surface area is 178 Å². The molecule has 0 saturated carbocycles. The van der Waals surface area contributed by atoms with Crippen molar-refractivity contribution >= 4 is 40.4 Å². The Bertz CT molecular complexity index is 963. The van der Waals surface area contributed by atoms with Gasteiger partial charge in [-0.25, -0.2) is 0 Å². The Balaban J connectivity index is 2.14. The third-order valence-electron chi connectivity index (χ3n) is 4.21. The number of rotatable bonds is 6. The first-order chi connectivity index (χ1) is 13.8. The number of carbonyl (C=O) groups excluding carboxylic acids is 2. The number of amides is 2. The number of carbonyl (C=O) groups is 2. The number of hydrogen-bond acceptors (Lipinski definition) is 6. The topological polar surface area (TPSA) is 75.2 Å². The first kappa shape index (κ1) is 21.1. The van der Waals surface area contributed by atoms with E-state index in [0.29, 0.717) is 5.69 Å². The van der Waals surface area contributed by atoms with Gasteiger partial charge in [-0.2, -0.15) is 0 Å². The van der Waals surface area contributed by atoms with Crippen LogP contribution in [0.15, 0.2) is 47.2 Å². The Hall–Kier alpha value is -2.58. The Morgan fingerprint density at radius 1 is 1.21 bits per heavy atom. The SMILES string of the molecule is CCc1cccc(N(C(=O)c2csnn2)[C@H](C(=O)NC(C)(C)C)c2cccs2)c1. The fourth-order valence-electron chi connectivity index (χ4n) is 2.95. The molecule has 0 spiro atoms. The summed E-state index contributed by atoms with van der Waals surface area (Å²) in [6.45, 7) is 7.82. The molecule has 0 bridgehead atoms. The second-order valence-electron chi connectivity index (χ2n) is 7.65. The molecule has 0 unspecified atom stereocenters. The lowest BCUT2D eigenvalue weighted by Gasteiger charge is -2.32. The van der Waals surface area contributed by atoms with Crippen LogP contribution in [0.4, 0.5) is 5.69 Å². The van der Waals surface area contributed by atoms with Crippen LogP contribution < -0.4 is 10.2 Å². The van der Waals surface area contributed by atoms with Crippen LogP contribution in [-0.4, -0.2) is 26.9 Å². The summed E-state index contributed by atoms with van der Waals surface area (Å²) in [4.78, 5) is 29.1. The van der Waals surface area contributed by atoms with Crippen molar-refractivity contribution in [3.63, 3.8) is 0 Å². The average Bonchev–Trinajstić information content (AvgIpc) is 3.37. The minimum absolute atomic E-state index is 0.224. The van der Waals surface area contributed by atoms with Gasteiger partial charge < -0.3 is 5.32 Å². The van der Waals surface area contributed by atoms with Crippen molar-refractivity contribution < 1.29 is 9.59 Å². The number of aromatic nitrogens is 2. The van der Waals surface area contributed by atoms with E-state index in [9.17, 15) is 9.59 Å². The van der Waals surface area contributed by atoms with Crippen molar-refractivity contribution in [2.24, 2.45) is 0 Å². The average molecular weight is 429 g/mol. The van der Waals surface area contributed by atoms with Crippen molar-refractivity contribution in [3.8, 4) is 0 Å². The highest BCUT2D eigenvalue weighted by Gasteiger charge is 2.36. The minimum Gasteiger partial charge on any atom is -0.349 e. The van der Waals surface area contributed by atoms with E-state index in [2.05, 4.69) is 21.8 Å². The zero-order valence-corrected chi connectivity index (χ0v) is 18.5. The quantitative estimate of drug-likeness (QED) is 0.629. The molecule has 0 aliphatic heterocycles. The lowest BCUT2D eigenvalue weighted by Crippen LogP contribution is -2.49. The molecule has 1 aromatic carbocycles. The number of aryl methyl sites for hydroxylation is 1. The summed E-state index contributed by atoms with van der Waals surface area (Å²) in [5, 5.41) is 10.5. The number of nitrogens with one attached hydrogen (secondary N) is 1. The smallest absolute Gasteiger partial charge is 0.280 e. The van der Waals surface area contributed by atoms with Gasteiger partial charge in [0.2, 0.25) is 5.91 Å². The summed E-state index contributed by atoms with van der Waals surface area (Å²) in [7, 11) is 0. The zero-order valence-electron chi connectivity index (χ0n) is 16.9. The van der Waals surface area contributed by atoms with Gasteiger partial charge in [-0.3, -0.25) is 14.5 Å². The maximum atomic E-state index is 13.5. The van der Waals surface area contributed by atoms with Crippen molar-refractivity contribution in [3.05, 3.63) is 63.3 Å². The molecule has 0 aliphatic rings. The van der Waals surface area contributed by atoms with Crippen LogP contribution in [-0.2, 0) is 11.2 Å². The van der Waals surface area contributed by atoms with Gasteiger partial charge in [0.05, 0.1) is 0 Å². The first-order valence-electron chi connectivity index (χ1n) is 9.35. The van der Waals surface area contributed by atoms with Gasteiger partial charge in [-0.15, -0.1) is 16.4 Å². The van der Waals surface area contributed by atoms with Crippen LogP contribution in [0.1, 0.15) is 54.7 Å². The van der Waals surface area contributed by atoms with Crippen molar-refractivity contribution in [1.29, 1.82) is 0 Å². The van der Waals surface area contributed by atoms with Gasteiger partial charge >= 0.3 is 0 Å². The fourth-order valence-corrected chi connectivity index (χ4v) is 4.19. The third-order valence-corrected chi connectivity index (χ3v) is 5.64. The largest absolute Gasteiger partial charge is 0.349 e. The predicted molar refractivity (Wildman–Crippen MR) is 117 cm³/mol. The Morgan fingerprint density at radius 3 is 2.59 bits per heavy atom. The normalized spacial score (nSPS) is 12.4. The molecule has 2 heterocycles.